The topological polar surface area (TPSA) is 66.0 Å². The Kier molecular flexibility index (Phi) is 5.38. The fourth-order valence-electron chi connectivity index (χ4n) is 1.86. The number of nitrogens with zero attached hydrogens (tertiary/aromatic N) is 3. The quantitative estimate of drug-likeness (QED) is 0.853. The van der Waals surface area contributed by atoms with Crippen molar-refractivity contribution in [3.05, 3.63) is 40.7 Å². The van der Waals surface area contributed by atoms with Gasteiger partial charge >= 0.3 is 0 Å². The van der Waals surface area contributed by atoms with Crippen molar-refractivity contribution in [1.29, 1.82) is 0 Å². The Labute approximate surface area is 123 Å². The van der Waals surface area contributed by atoms with Gasteiger partial charge in [0.1, 0.15) is 23.7 Å². The summed E-state index contributed by atoms with van der Waals surface area (Å²) < 4.78 is 7.63. The molecule has 0 amide bonds. The molecule has 1 aromatic carbocycles. The minimum atomic E-state index is 0.367. The zero-order valence-electron chi connectivity index (χ0n) is 11.6. The van der Waals surface area contributed by atoms with Crippen LogP contribution in [0, 0.1) is 0 Å². The minimum Gasteiger partial charge on any atom is -0.487 e. The minimum absolute atomic E-state index is 0.367. The Bertz CT molecular complexity index is 539. The van der Waals surface area contributed by atoms with Gasteiger partial charge in [0, 0.05) is 18.1 Å². The van der Waals surface area contributed by atoms with Gasteiger partial charge in [0.05, 0.1) is 0 Å². The third-order valence-corrected chi connectivity index (χ3v) is 3.28. The van der Waals surface area contributed by atoms with Crippen LogP contribution >= 0.6 is 11.6 Å². The van der Waals surface area contributed by atoms with Crippen molar-refractivity contribution in [3.63, 3.8) is 0 Å². The lowest BCUT2D eigenvalue weighted by molar-refractivity contribution is 0.289. The highest BCUT2D eigenvalue weighted by molar-refractivity contribution is 6.30. The second kappa shape index (κ2) is 7.26. The van der Waals surface area contributed by atoms with E-state index >= 15 is 0 Å². The van der Waals surface area contributed by atoms with Gasteiger partial charge in [-0.15, -0.1) is 5.10 Å². The van der Waals surface area contributed by atoms with Crippen LogP contribution in [0.5, 0.6) is 5.75 Å². The summed E-state index contributed by atoms with van der Waals surface area (Å²) in [5.41, 5.74) is 7.42. The summed E-state index contributed by atoms with van der Waals surface area (Å²) in [7, 11) is 0. The predicted molar refractivity (Wildman–Crippen MR) is 78.6 cm³/mol. The lowest BCUT2D eigenvalue weighted by atomic mass is 10.3. The van der Waals surface area contributed by atoms with Crippen molar-refractivity contribution in [1.82, 2.24) is 15.0 Å². The van der Waals surface area contributed by atoms with Gasteiger partial charge in [0.25, 0.3) is 0 Å². The molecule has 1 heterocycles. The summed E-state index contributed by atoms with van der Waals surface area (Å²) in [5.74, 6) is 0.764. The van der Waals surface area contributed by atoms with E-state index < -0.39 is 0 Å². The molecule has 0 spiro atoms. The van der Waals surface area contributed by atoms with Gasteiger partial charge in [-0.25, -0.2) is 4.68 Å². The zero-order chi connectivity index (χ0) is 14.4. The number of halogens is 1. The number of aryl methyl sites for hydroxylation is 1. The molecule has 20 heavy (non-hydrogen) atoms. The molecule has 2 rings (SSSR count). The Morgan fingerprint density at radius 1 is 1.30 bits per heavy atom. The van der Waals surface area contributed by atoms with Crippen LogP contribution in [0.15, 0.2) is 24.3 Å². The SMILES string of the molecule is CCCCn1nnc(CN)c1COc1ccc(Cl)cc1. The average Bonchev–Trinajstić information content (AvgIpc) is 2.86. The Hall–Kier alpha value is -1.59. The van der Waals surface area contributed by atoms with Crippen molar-refractivity contribution >= 4 is 11.6 Å². The smallest absolute Gasteiger partial charge is 0.132 e. The van der Waals surface area contributed by atoms with E-state index in [1.54, 1.807) is 12.1 Å². The standard InChI is InChI=1S/C14H19ClN4O/c1-2-3-8-19-14(13(9-16)17-18-19)10-20-12-6-4-11(15)5-7-12/h4-7H,2-3,8-10,16H2,1H3. The van der Waals surface area contributed by atoms with Crippen LogP contribution in [0.4, 0.5) is 0 Å². The second-order valence-electron chi connectivity index (χ2n) is 4.51. The maximum Gasteiger partial charge on any atom is 0.132 e. The number of nitrogens with two attached hydrogens (primary N) is 1. The molecule has 5 nitrogen and oxygen atoms in total. The number of unbranched alkanes of at least 4 members (excludes halogenated alkanes) is 1. The first kappa shape index (κ1) is 14.8. The van der Waals surface area contributed by atoms with Crippen molar-refractivity contribution in [2.75, 3.05) is 0 Å². The highest BCUT2D eigenvalue weighted by Crippen LogP contribution is 2.17. The first-order valence-corrected chi connectivity index (χ1v) is 7.12. The molecule has 1 aromatic heterocycles. The van der Waals surface area contributed by atoms with Gasteiger partial charge < -0.3 is 10.5 Å². The number of aromatic nitrogens is 3. The molecule has 0 aliphatic rings. The van der Waals surface area contributed by atoms with E-state index in [0.29, 0.717) is 18.2 Å². The first-order valence-electron chi connectivity index (χ1n) is 6.74. The number of hydrogen-bond donors (Lipinski definition) is 1. The van der Waals surface area contributed by atoms with Crippen molar-refractivity contribution in [2.24, 2.45) is 5.73 Å². The van der Waals surface area contributed by atoms with Gasteiger partial charge in [0.2, 0.25) is 0 Å². The largest absolute Gasteiger partial charge is 0.487 e. The van der Waals surface area contributed by atoms with E-state index in [1.807, 2.05) is 16.8 Å². The molecule has 2 aromatic rings. The summed E-state index contributed by atoms with van der Waals surface area (Å²) in [6.07, 6.45) is 2.16. The van der Waals surface area contributed by atoms with Crippen LogP contribution in [-0.4, -0.2) is 15.0 Å². The van der Waals surface area contributed by atoms with Gasteiger partial charge in [0.15, 0.2) is 0 Å². The van der Waals surface area contributed by atoms with Crippen molar-refractivity contribution in [3.8, 4) is 5.75 Å². The fraction of sp³-hybridized carbons (Fsp3) is 0.429. The van der Waals surface area contributed by atoms with Crippen LogP contribution in [0.25, 0.3) is 0 Å². The molecule has 0 saturated heterocycles. The van der Waals surface area contributed by atoms with Gasteiger partial charge in [-0.1, -0.05) is 30.2 Å². The summed E-state index contributed by atoms with van der Waals surface area (Å²) in [6, 6.07) is 7.27. The fourth-order valence-corrected chi connectivity index (χ4v) is 1.98. The monoisotopic (exact) mass is 294 g/mol. The summed E-state index contributed by atoms with van der Waals surface area (Å²) in [5, 5.41) is 8.93. The number of hydrogen-bond acceptors (Lipinski definition) is 4. The van der Waals surface area contributed by atoms with Crippen molar-refractivity contribution < 1.29 is 4.74 Å². The molecule has 0 bridgehead atoms. The van der Waals surface area contributed by atoms with E-state index in [0.717, 1.165) is 36.5 Å². The van der Waals surface area contributed by atoms with Gasteiger partial charge in [-0.05, 0) is 30.7 Å². The van der Waals surface area contributed by atoms with Crippen LogP contribution in [0.3, 0.4) is 0 Å². The molecule has 0 radical (unpaired) electrons. The lowest BCUT2D eigenvalue weighted by Crippen LogP contribution is -2.11. The summed E-state index contributed by atoms with van der Waals surface area (Å²) >= 11 is 5.85. The Morgan fingerprint density at radius 3 is 2.70 bits per heavy atom. The van der Waals surface area contributed by atoms with Crippen LogP contribution in [0.1, 0.15) is 31.2 Å². The molecule has 0 fully saturated rings. The van der Waals surface area contributed by atoms with Crippen LogP contribution < -0.4 is 10.5 Å². The average molecular weight is 295 g/mol. The molecule has 0 atom stereocenters. The first-order chi connectivity index (χ1) is 9.74. The molecule has 0 aliphatic heterocycles. The maximum absolute atomic E-state index is 5.85. The number of benzene rings is 1. The van der Waals surface area contributed by atoms with E-state index in [4.69, 9.17) is 22.1 Å². The molecule has 108 valence electrons. The van der Waals surface area contributed by atoms with Gasteiger partial charge in [-0.3, -0.25) is 0 Å². The molecule has 0 unspecified atom stereocenters. The summed E-state index contributed by atoms with van der Waals surface area (Å²) in [6.45, 7) is 3.75. The maximum atomic E-state index is 5.85. The Morgan fingerprint density at radius 2 is 2.05 bits per heavy atom. The number of rotatable bonds is 7. The molecular formula is C14H19ClN4O. The third kappa shape index (κ3) is 3.71. The second-order valence-corrected chi connectivity index (χ2v) is 4.94. The molecule has 0 saturated carbocycles. The predicted octanol–water partition coefficient (Wildman–Crippen LogP) is 2.77. The third-order valence-electron chi connectivity index (χ3n) is 3.02. The normalized spacial score (nSPS) is 10.8. The van der Waals surface area contributed by atoms with E-state index in [1.165, 1.54) is 0 Å². The van der Waals surface area contributed by atoms with E-state index in [-0.39, 0.29) is 0 Å². The van der Waals surface area contributed by atoms with Gasteiger partial charge in [-0.2, -0.15) is 0 Å². The van der Waals surface area contributed by atoms with Crippen LogP contribution in [-0.2, 0) is 19.7 Å². The highest BCUT2D eigenvalue weighted by atomic mass is 35.5. The zero-order valence-corrected chi connectivity index (χ0v) is 12.3. The molecule has 6 heteroatoms. The lowest BCUT2D eigenvalue weighted by Gasteiger charge is -2.09. The van der Waals surface area contributed by atoms with E-state index in [2.05, 4.69) is 17.2 Å². The summed E-state index contributed by atoms with van der Waals surface area (Å²) in [4.78, 5) is 0. The highest BCUT2D eigenvalue weighted by Gasteiger charge is 2.12. The molecule has 2 N–H and O–H groups in total. The molecular weight excluding hydrogens is 276 g/mol. The Balaban J connectivity index is 2.06. The van der Waals surface area contributed by atoms with Crippen molar-refractivity contribution in [2.45, 2.75) is 39.5 Å². The molecule has 0 aliphatic carbocycles. The number of ether oxygens (including phenoxy) is 1. The van der Waals surface area contributed by atoms with E-state index in [9.17, 15) is 0 Å². The van der Waals surface area contributed by atoms with Crippen LogP contribution in [0.2, 0.25) is 5.02 Å².